The van der Waals surface area contributed by atoms with E-state index >= 15 is 0 Å². The van der Waals surface area contributed by atoms with Crippen molar-refractivity contribution < 1.29 is 36.7 Å². The van der Waals surface area contributed by atoms with Gasteiger partial charge in [0.25, 0.3) is 0 Å². The highest BCUT2D eigenvalue weighted by Crippen LogP contribution is 2.38. The Bertz CT molecular complexity index is 1830. The smallest absolute Gasteiger partial charge is 0.442 e. The first kappa shape index (κ1) is 36.1. The molecule has 1 aromatic heterocycles. The number of ether oxygens (including phenoxy) is 3. The van der Waals surface area contributed by atoms with E-state index in [2.05, 4.69) is 11.0 Å². The molecule has 0 amide bonds. The van der Waals surface area contributed by atoms with Crippen LogP contribution in [-0.4, -0.2) is 27.9 Å². The summed E-state index contributed by atoms with van der Waals surface area (Å²) in [6, 6.07) is 9.36. The number of rotatable bonds is 8. The highest BCUT2D eigenvalue weighted by molar-refractivity contribution is 6.36. The summed E-state index contributed by atoms with van der Waals surface area (Å²) in [7, 11) is 0. The van der Waals surface area contributed by atoms with E-state index in [4.69, 9.17) is 59.9 Å². The molecule has 0 aliphatic rings. The van der Waals surface area contributed by atoms with Crippen molar-refractivity contribution in [2.45, 2.75) is 39.3 Å². The minimum Gasteiger partial charge on any atom is -0.487 e. The van der Waals surface area contributed by atoms with Crippen molar-refractivity contribution in [1.29, 1.82) is 0 Å². The number of hydrogen-bond acceptors (Lipinski definition) is 8. The maximum atomic E-state index is 12.6. The molecular formula is C30H25Cl3F3N3O7. The van der Waals surface area contributed by atoms with Crippen molar-refractivity contribution in [3.8, 4) is 41.0 Å². The van der Waals surface area contributed by atoms with Crippen LogP contribution in [0.3, 0.4) is 0 Å². The van der Waals surface area contributed by atoms with Crippen LogP contribution in [0, 0.1) is 22.5 Å². The van der Waals surface area contributed by atoms with Crippen molar-refractivity contribution in [3.63, 3.8) is 0 Å². The fraction of sp³-hybridized carbons (Fsp3) is 0.267. The topological polar surface area (TPSA) is 119 Å². The van der Waals surface area contributed by atoms with Gasteiger partial charge in [-0.05, 0) is 37.3 Å². The largest absolute Gasteiger partial charge is 0.487 e. The highest BCUT2D eigenvalue weighted by atomic mass is 35.5. The van der Waals surface area contributed by atoms with E-state index in [1.165, 1.54) is 30.3 Å². The third-order valence-corrected chi connectivity index (χ3v) is 6.54. The first-order valence-electron chi connectivity index (χ1n) is 13.1. The third-order valence-electron chi connectivity index (χ3n) is 5.64. The average molecular weight is 703 g/mol. The standard InChI is InChI=1S/C15H14Cl2N2O3.C15H11ClF3NO4/c1-5-6-21-12-8-11(9(16)7-10(12)17)19-14(20)22-13(18-19)15(2,3)4;1-2-23-14-8-10(4-5-12(14)20(21)22)24-13-6-3-9(7-11(13)16)15(17,18)19/h1,7-8H,6H2,2-4H3;3-8H,2H2,1H3. The predicted molar refractivity (Wildman–Crippen MR) is 166 cm³/mol. The molecule has 1 heterocycles. The Labute approximate surface area is 275 Å². The van der Waals surface area contributed by atoms with E-state index in [1.807, 2.05) is 20.8 Å². The summed E-state index contributed by atoms with van der Waals surface area (Å²) >= 11 is 18.0. The SMILES string of the molecule is C#CCOc1cc(-n2nc(C(C)(C)C)oc2=O)c(Cl)cc1Cl.CCOc1cc(Oc2ccc(C(F)(F)F)cc2Cl)ccc1[N+](=O)[O-]. The Morgan fingerprint density at radius 3 is 2.20 bits per heavy atom. The van der Waals surface area contributed by atoms with E-state index in [9.17, 15) is 28.1 Å². The lowest BCUT2D eigenvalue weighted by atomic mass is 9.97. The van der Waals surface area contributed by atoms with Gasteiger partial charge in [0.05, 0.1) is 37.8 Å². The zero-order chi connectivity index (χ0) is 34.4. The van der Waals surface area contributed by atoms with Gasteiger partial charge in [0.1, 0.15) is 23.9 Å². The molecule has 244 valence electrons. The maximum Gasteiger partial charge on any atom is 0.442 e. The van der Waals surface area contributed by atoms with Crippen LogP contribution < -0.4 is 20.0 Å². The van der Waals surface area contributed by atoms with Crippen LogP contribution in [0.2, 0.25) is 15.1 Å². The van der Waals surface area contributed by atoms with Crippen molar-refractivity contribution in [1.82, 2.24) is 9.78 Å². The van der Waals surface area contributed by atoms with Crippen molar-refractivity contribution in [2.75, 3.05) is 13.2 Å². The number of nitro groups is 1. The van der Waals surface area contributed by atoms with Crippen LogP contribution in [-0.2, 0) is 11.6 Å². The minimum absolute atomic E-state index is 0.0111. The number of hydrogen-bond donors (Lipinski definition) is 0. The zero-order valence-corrected chi connectivity index (χ0v) is 26.8. The molecule has 0 atom stereocenters. The van der Waals surface area contributed by atoms with Gasteiger partial charge in [-0.3, -0.25) is 10.1 Å². The van der Waals surface area contributed by atoms with Crippen LogP contribution in [0.4, 0.5) is 18.9 Å². The van der Waals surface area contributed by atoms with Gasteiger partial charge in [0.15, 0.2) is 0 Å². The quantitative estimate of drug-likeness (QED) is 0.101. The van der Waals surface area contributed by atoms with Gasteiger partial charge in [-0.2, -0.15) is 17.9 Å². The fourth-order valence-electron chi connectivity index (χ4n) is 3.51. The van der Waals surface area contributed by atoms with Gasteiger partial charge in [0.2, 0.25) is 11.6 Å². The molecule has 0 fully saturated rings. The number of nitrogens with zero attached hydrogens (tertiary/aromatic N) is 3. The Kier molecular flexibility index (Phi) is 11.6. The summed E-state index contributed by atoms with van der Waals surface area (Å²) in [6.07, 6.45) is 0.638. The van der Waals surface area contributed by atoms with Crippen LogP contribution in [0.5, 0.6) is 23.0 Å². The predicted octanol–water partition coefficient (Wildman–Crippen LogP) is 8.90. The Hall–Kier alpha value is -4.38. The lowest BCUT2D eigenvalue weighted by Crippen LogP contribution is -2.15. The normalized spacial score (nSPS) is 11.2. The van der Waals surface area contributed by atoms with Gasteiger partial charge < -0.3 is 18.6 Å². The molecule has 0 spiro atoms. The van der Waals surface area contributed by atoms with E-state index in [-0.39, 0.29) is 51.2 Å². The molecule has 0 saturated heterocycles. The number of halogens is 6. The van der Waals surface area contributed by atoms with E-state index in [0.29, 0.717) is 17.3 Å². The second kappa shape index (κ2) is 14.8. The molecule has 0 N–H and O–H groups in total. The molecule has 0 bridgehead atoms. The summed E-state index contributed by atoms with van der Waals surface area (Å²) in [5.41, 5.74) is -1.25. The van der Waals surface area contributed by atoms with Crippen molar-refractivity contribution >= 4 is 40.5 Å². The van der Waals surface area contributed by atoms with Crippen LogP contribution >= 0.6 is 34.8 Å². The summed E-state index contributed by atoms with van der Waals surface area (Å²) in [6.45, 7) is 7.55. The van der Waals surface area contributed by atoms with Crippen LogP contribution in [0.25, 0.3) is 5.69 Å². The van der Waals surface area contributed by atoms with E-state index in [0.717, 1.165) is 22.9 Å². The van der Waals surface area contributed by atoms with Gasteiger partial charge in [-0.15, -0.1) is 11.5 Å². The molecule has 16 heteroatoms. The van der Waals surface area contributed by atoms with Crippen LogP contribution in [0.1, 0.15) is 39.1 Å². The number of terminal acetylenes is 1. The molecule has 0 aliphatic carbocycles. The van der Waals surface area contributed by atoms with Gasteiger partial charge >= 0.3 is 17.6 Å². The van der Waals surface area contributed by atoms with Crippen LogP contribution in [0.15, 0.2) is 57.7 Å². The molecule has 10 nitrogen and oxygen atoms in total. The highest BCUT2D eigenvalue weighted by Gasteiger charge is 2.31. The number of benzene rings is 3. The molecule has 0 unspecified atom stereocenters. The molecule has 0 aliphatic heterocycles. The molecule has 0 radical (unpaired) electrons. The summed E-state index contributed by atoms with van der Waals surface area (Å²) in [5, 5.41) is 15.4. The maximum absolute atomic E-state index is 12.6. The molecule has 0 saturated carbocycles. The fourth-order valence-corrected chi connectivity index (χ4v) is 4.25. The van der Waals surface area contributed by atoms with Gasteiger partial charge in [0, 0.05) is 23.6 Å². The number of alkyl halides is 3. The number of nitro benzene ring substituents is 1. The lowest BCUT2D eigenvalue weighted by Gasteiger charge is -2.12. The van der Waals surface area contributed by atoms with E-state index < -0.39 is 27.8 Å². The number of aromatic nitrogens is 2. The minimum atomic E-state index is -4.52. The summed E-state index contributed by atoms with van der Waals surface area (Å²) < 4.78 is 59.9. The van der Waals surface area contributed by atoms with E-state index in [1.54, 1.807) is 6.92 Å². The Balaban J connectivity index is 0.000000251. The third kappa shape index (κ3) is 9.09. The first-order chi connectivity index (χ1) is 21.5. The molecule has 4 aromatic rings. The van der Waals surface area contributed by atoms with Gasteiger partial charge in [-0.25, -0.2) is 4.79 Å². The van der Waals surface area contributed by atoms with Crippen molar-refractivity contribution in [3.05, 3.63) is 95.7 Å². The monoisotopic (exact) mass is 701 g/mol. The second-order valence-corrected chi connectivity index (χ2v) is 11.3. The van der Waals surface area contributed by atoms with Gasteiger partial charge in [-0.1, -0.05) is 61.5 Å². The average Bonchev–Trinajstić information content (AvgIpc) is 3.35. The Morgan fingerprint density at radius 1 is 0.978 bits per heavy atom. The molecule has 3 aromatic carbocycles. The molecule has 46 heavy (non-hydrogen) atoms. The molecule has 4 rings (SSSR count). The Morgan fingerprint density at radius 2 is 1.65 bits per heavy atom. The first-order valence-corrected chi connectivity index (χ1v) is 14.2. The summed E-state index contributed by atoms with van der Waals surface area (Å²) in [4.78, 5) is 22.3. The zero-order valence-electron chi connectivity index (χ0n) is 24.6. The lowest BCUT2D eigenvalue weighted by molar-refractivity contribution is -0.385. The van der Waals surface area contributed by atoms with Crippen molar-refractivity contribution in [2.24, 2.45) is 0 Å². The molecular weight excluding hydrogens is 678 g/mol. The second-order valence-electron chi connectivity index (χ2n) is 10.1. The summed E-state index contributed by atoms with van der Waals surface area (Å²) in [5.74, 6) is 2.43.